The van der Waals surface area contributed by atoms with Crippen molar-refractivity contribution in [2.45, 2.75) is 31.2 Å². The van der Waals surface area contributed by atoms with Gasteiger partial charge in [0.05, 0.1) is 11.5 Å². The third kappa shape index (κ3) is 2.12. The van der Waals surface area contributed by atoms with Crippen LogP contribution in [0.4, 0.5) is 0 Å². The van der Waals surface area contributed by atoms with Crippen molar-refractivity contribution in [3.63, 3.8) is 0 Å². The quantitative estimate of drug-likeness (QED) is 0.831. The molecule has 0 saturated carbocycles. The molecule has 1 aromatic heterocycles. The summed E-state index contributed by atoms with van der Waals surface area (Å²) in [5.74, 6) is 0.401. The number of aldehydes is 1. The molecule has 2 aliphatic rings. The molecule has 3 nitrogen and oxygen atoms in total. The van der Waals surface area contributed by atoms with E-state index in [1.54, 1.807) is 11.8 Å². The molecule has 0 amide bonds. The first kappa shape index (κ1) is 15.0. The number of allylic oxidation sites excluding steroid dienone is 1. The first-order valence-electron chi connectivity index (χ1n) is 8.25. The third-order valence-electron chi connectivity index (χ3n) is 5.36. The van der Waals surface area contributed by atoms with E-state index in [0.29, 0.717) is 5.92 Å². The van der Waals surface area contributed by atoms with Crippen LogP contribution in [0.5, 0.6) is 0 Å². The standard InChI is InChI=1S/C19H22N2OS/c1-12-9-16(23-2)18-19(10-12,11-22)17-14(7-8-20-18)13-5-3-4-6-15(13)21-17/h3-6,9,11-12,18,20-21H,7-8,10H2,1-2H3. The molecule has 1 aromatic carbocycles. The predicted octanol–water partition coefficient (Wildman–Crippen LogP) is 3.41. The Balaban J connectivity index is 1.99. The minimum atomic E-state index is -0.489. The Bertz CT molecular complexity index is 794. The van der Waals surface area contributed by atoms with Gasteiger partial charge in [0.1, 0.15) is 6.29 Å². The molecule has 0 radical (unpaired) electrons. The van der Waals surface area contributed by atoms with E-state index >= 15 is 0 Å². The van der Waals surface area contributed by atoms with Crippen LogP contribution in [-0.2, 0) is 16.6 Å². The number of benzene rings is 1. The molecule has 1 aliphatic carbocycles. The normalized spacial score (nSPS) is 30.3. The first-order chi connectivity index (χ1) is 11.2. The van der Waals surface area contributed by atoms with Crippen LogP contribution in [0.2, 0.25) is 0 Å². The monoisotopic (exact) mass is 326 g/mol. The number of H-pyrrole nitrogens is 1. The molecule has 2 N–H and O–H groups in total. The number of hydrogen-bond acceptors (Lipinski definition) is 3. The summed E-state index contributed by atoms with van der Waals surface area (Å²) in [6.45, 7) is 3.12. The van der Waals surface area contributed by atoms with Crippen molar-refractivity contribution in [2.75, 3.05) is 12.8 Å². The third-order valence-corrected chi connectivity index (χ3v) is 6.20. The van der Waals surface area contributed by atoms with Crippen molar-refractivity contribution in [1.82, 2.24) is 10.3 Å². The lowest BCUT2D eigenvalue weighted by Gasteiger charge is -2.41. The van der Waals surface area contributed by atoms with Gasteiger partial charge < -0.3 is 15.1 Å². The van der Waals surface area contributed by atoms with E-state index in [0.717, 1.165) is 30.6 Å². The van der Waals surface area contributed by atoms with Gasteiger partial charge in [-0.15, -0.1) is 11.8 Å². The average molecular weight is 326 g/mol. The number of fused-ring (bicyclic) bond motifs is 5. The molecule has 4 heteroatoms. The van der Waals surface area contributed by atoms with Crippen molar-refractivity contribution in [2.24, 2.45) is 5.92 Å². The Morgan fingerprint density at radius 2 is 2.17 bits per heavy atom. The zero-order valence-corrected chi connectivity index (χ0v) is 14.4. The summed E-state index contributed by atoms with van der Waals surface area (Å²) in [4.78, 5) is 17.3. The summed E-state index contributed by atoms with van der Waals surface area (Å²) in [5.41, 5.74) is 3.11. The molecule has 1 aliphatic heterocycles. The van der Waals surface area contributed by atoms with Gasteiger partial charge in [-0.1, -0.05) is 31.2 Å². The molecule has 120 valence electrons. The van der Waals surface area contributed by atoms with Crippen LogP contribution in [0, 0.1) is 5.92 Å². The first-order valence-corrected chi connectivity index (χ1v) is 9.47. The second-order valence-electron chi connectivity index (χ2n) is 6.77. The second-order valence-corrected chi connectivity index (χ2v) is 7.65. The van der Waals surface area contributed by atoms with Crippen molar-refractivity contribution in [3.8, 4) is 0 Å². The summed E-state index contributed by atoms with van der Waals surface area (Å²) < 4.78 is 0. The molecular formula is C19H22N2OS. The Morgan fingerprint density at radius 1 is 1.35 bits per heavy atom. The summed E-state index contributed by atoms with van der Waals surface area (Å²) in [6, 6.07) is 8.50. The number of carbonyl (C=O) groups is 1. The van der Waals surface area contributed by atoms with Crippen LogP contribution < -0.4 is 5.32 Å². The minimum Gasteiger partial charge on any atom is -0.357 e. The lowest BCUT2D eigenvalue weighted by Crippen LogP contribution is -2.52. The minimum absolute atomic E-state index is 0.0838. The van der Waals surface area contributed by atoms with E-state index in [9.17, 15) is 4.79 Å². The Hall–Kier alpha value is -1.52. The Kier molecular flexibility index (Phi) is 3.62. The van der Waals surface area contributed by atoms with Crippen LogP contribution in [0.3, 0.4) is 0 Å². The van der Waals surface area contributed by atoms with E-state index in [2.05, 4.69) is 53.8 Å². The van der Waals surface area contributed by atoms with Crippen LogP contribution in [0.15, 0.2) is 35.2 Å². The molecule has 2 heterocycles. The fourth-order valence-electron chi connectivity index (χ4n) is 4.43. The number of hydrogen-bond donors (Lipinski definition) is 2. The highest BCUT2D eigenvalue weighted by atomic mass is 32.2. The maximum absolute atomic E-state index is 12.4. The number of rotatable bonds is 2. The van der Waals surface area contributed by atoms with Crippen LogP contribution in [-0.4, -0.2) is 30.1 Å². The van der Waals surface area contributed by atoms with E-state index in [-0.39, 0.29) is 6.04 Å². The Morgan fingerprint density at radius 3 is 2.96 bits per heavy atom. The summed E-state index contributed by atoms with van der Waals surface area (Å²) >= 11 is 1.77. The number of aromatic nitrogens is 1. The molecule has 23 heavy (non-hydrogen) atoms. The van der Waals surface area contributed by atoms with Gasteiger partial charge in [-0.2, -0.15) is 0 Å². The van der Waals surface area contributed by atoms with Crippen molar-refractivity contribution < 1.29 is 4.79 Å². The maximum Gasteiger partial charge on any atom is 0.134 e. The summed E-state index contributed by atoms with van der Waals surface area (Å²) in [5, 5.41) is 4.92. The largest absolute Gasteiger partial charge is 0.357 e. The molecule has 4 rings (SSSR count). The molecular weight excluding hydrogens is 304 g/mol. The van der Waals surface area contributed by atoms with Gasteiger partial charge in [0.25, 0.3) is 0 Å². The Labute approximate surface area is 140 Å². The summed E-state index contributed by atoms with van der Waals surface area (Å²) in [6.07, 6.45) is 7.46. The van der Waals surface area contributed by atoms with Gasteiger partial charge in [-0.05, 0) is 48.1 Å². The molecule has 3 unspecified atom stereocenters. The number of thioether (sulfide) groups is 1. The van der Waals surface area contributed by atoms with Crippen molar-refractivity contribution in [1.29, 1.82) is 0 Å². The predicted molar refractivity (Wildman–Crippen MR) is 96.9 cm³/mol. The molecule has 3 atom stereocenters. The van der Waals surface area contributed by atoms with E-state index in [4.69, 9.17) is 0 Å². The number of para-hydroxylation sites is 1. The highest BCUT2D eigenvalue weighted by Gasteiger charge is 2.49. The molecule has 0 spiro atoms. The lowest BCUT2D eigenvalue weighted by atomic mass is 9.68. The smallest absolute Gasteiger partial charge is 0.134 e. The topological polar surface area (TPSA) is 44.9 Å². The fraction of sp³-hybridized carbons (Fsp3) is 0.421. The van der Waals surface area contributed by atoms with Gasteiger partial charge in [-0.3, -0.25) is 0 Å². The highest BCUT2D eigenvalue weighted by Crippen LogP contribution is 2.46. The van der Waals surface area contributed by atoms with Gasteiger partial charge in [0.2, 0.25) is 0 Å². The number of nitrogens with one attached hydrogen (secondary N) is 2. The van der Waals surface area contributed by atoms with Crippen molar-refractivity contribution in [3.05, 3.63) is 46.5 Å². The van der Waals surface area contributed by atoms with Crippen molar-refractivity contribution >= 4 is 29.0 Å². The van der Waals surface area contributed by atoms with Crippen LogP contribution in [0.25, 0.3) is 10.9 Å². The van der Waals surface area contributed by atoms with Gasteiger partial charge in [0.15, 0.2) is 0 Å². The van der Waals surface area contributed by atoms with Crippen LogP contribution in [0.1, 0.15) is 24.6 Å². The number of carbonyl (C=O) groups excluding carboxylic acids is 1. The second kappa shape index (κ2) is 5.53. The molecule has 2 aromatic rings. The van der Waals surface area contributed by atoms with E-state index in [1.807, 2.05) is 0 Å². The molecule has 0 bridgehead atoms. The van der Waals surface area contributed by atoms with Gasteiger partial charge >= 0.3 is 0 Å². The zero-order valence-electron chi connectivity index (χ0n) is 13.6. The molecule has 0 fully saturated rings. The lowest BCUT2D eigenvalue weighted by molar-refractivity contribution is -0.114. The van der Waals surface area contributed by atoms with E-state index in [1.165, 1.54) is 22.1 Å². The van der Waals surface area contributed by atoms with Gasteiger partial charge in [-0.25, -0.2) is 0 Å². The molecule has 0 saturated heterocycles. The fourth-order valence-corrected chi connectivity index (χ4v) is 5.33. The zero-order chi connectivity index (χ0) is 16.0. The average Bonchev–Trinajstić information content (AvgIpc) is 2.87. The highest BCUT2D eigenvalue weighted by molar-refractivity contribution is 8.02. The number of aromatic amines is 1. The van der Waals surface area contributed by atoms with E-state index < -0.39 is 5.41 Å². The van der Waals surface area contributed by atoms with Crippen LogP contribution >= 0.6 is 11.8 Å². The maximum atomic E-state index is 12.4. The van der Waals surface area contributed by atoms with Gasteiger partial charge in [0, 0.05) is 16.6 Å². The summed E-state index contributed by atoms with van der Waals surface area (Å²) in [7, 11) is 0. The SMILES string of the molecule is CSC1=CC(C)CC2(C=O)c3[nH]c4ccccc4c3CCNC12.